The van der Waals surface area contributed by atoms with Crippen LogP contribution in [0.25, 0.3) is 0 Å². The molecule has 2 radical (unpaired) electrons. The second-order valence-electron chi connectivity index (χ2n) is 6.77. The van der Waals surface area contributed by atoms with Gasteiger partial charge in [-0.3, -0.25) is 0 Å². The van der Waals surface area contributed by atoms with E-state index in [1.54, 1.807) is 30.3 Å². The van der Waals surface area contributed by atoms with Crippen molar-refractivity contribution in [3.05, 3.63) is 58.6 Å². The first-order chi connectivity index (χ1) is 12.9. The van der Waals surface area contributed by atoms with Gasteiger partial charge in [-0.25, -0.2) is 10.2 Å². The van der Waals surface area contributed by atoms with Gasteiger partial charge in [0, 0.05) is 17.6 Å². The average molecular weight is 392 g/mol. The Morgan fingerprint density at radius 1 is 1.11 bits per heavy atom. The second kappa shape index (κ2) is 8.46. The number of aliphatic hydroxyl groups is 1. The number of ether oxygens (including phenoxy) is 2. The molecule has 27 heavy (non-hydrogen) atoms. The van der Waals surface area contributed by atoms with Crippen LogP contribution in [0, 0.1) is 0 Å². The van der Waals surface area contributed by atoms with Crippen LogP contribution in [0.2, 0.25) is 5.02 Å². The Morgan fingerprint density at radius 3 is 2.56 bits per heavy atom. The van der Waals surface area contributed by atoms with Crippen LogP contribution in [0.1, 0.15) is 24.2 Å². The average Bonchev–Trinajstić information content (AvgIpc) is 3.05. The van der Waals surface area contributed by atoms with Crippen LogP contribution in [0.3, 0.4) is 0 Å². The maximum atomic E-state index is 11.2. The molecule has 0 aromatic heterocycles. The summed E-state index contributed by atoms with van der Waals surface area (Å²) < 4.78 is 10.8. The third kappa shape index (κ3) is 4.72. The maximum Gasteiger partial charge on any atom is 0.304 e. The monoisotopic (exact) mass is 391 g/mol. The molecule has 0 spiro atoms. The molecule has 2 atom stereocenters. The molecule has 0 unspecified atom stereocenters. The molecule has 1 heterocycles. The van der Waals surface area contributed by atoms with Gasteiger partial charge in [0.15, 0.2) is 24.7 Å². The van der Waals surface area contributed by atoms with Gasteiger partial charge < -0.3 is 19.9 Å². The predicted molar refractivity (Wildman–Crippen MR) is 99.1 cm³/mol. The molecular weight excluding hydrogens is 370 g/mol. The van der Waals surface area contributed by atoms with Gasteiger partial charge in [-0.1, -0.05) is 29.8 Å². The quantitative estimate of drug-likeness (QED) is 0.723. The Balaban J connectivity index is 1.55. The van der Waals surface area contributed by atoms with Crippen molar-refractivity contribution in [2.45, 2.75) is 31.3 Å². The van der Waals surface area contributed by atoms with Crippen LogP contribution >= 0.6 is 11.6 Å². The topological polar surface area (TPSA) is 90.5 Å². The Kier molecular flexibility index (Phi) is 6.24. The highest BCUT2D eigenvalue weighted by Crippen LogP contribution is 2.40. The molecule has 0 fully saturated rings. The standard InChI is InChI=1S/C20H22ClNO5/c1-13(22-10-17(25)15-3-2-4-16(21)9-15)7-14-5-6-18-19(8-14)27-20(11-23,12-24)26-18/h2-6,8-9,13,17,22,25H,7,10-12H2,1H3/t13-,17+/m1/s1. The molecule has 0 saturated heterocycles. The lowest BCUT2D eigenvalue weighted by Gasteiger charge is -2.20. The summed E-state index contributed by atoms with van der Waals surface area (Å²) in [7, 11) is 0. The minimum Gasteiger partial charge on any atom is -0.444 e. The molecular formula is C20H22ClNO5. The molecule has 3 rings (SSSR count). The van der Waals surface area contributed by atoms with Crippen LogP contribution in [0.15, 0.2) is 42.5 Å². The summed E-state index contributed by atoms with van der Waals surface area (Å²) in [6.45, 7) is 0.899. The van der Waals surface area contributed by atoms with E-state index in [-0.39, 0.29) is 6.04 Å². The third-order valence-corrected chi connectivity index (χ3v) is 4.71. The lowest BCUT2D eigenvalue weighted by atomic mass is 10.1. The number of fused-ring (bicyclic) bond motifs is 1. The van der Waals surface area contributed by atoms with Gasteiger partial charge in [0.1, 0.15) is 0 Å². The van der Waals surface area contributed by atoms with E-state index in [4.69, 9.17) is 21.1 Å². The van der Waals surface area contributed by atoms with E-state index in [0.29, 0.717) is 29.5 Å². The Morgan fingerprint density at radius 2 is 1.85 bits per heavy atom. The van der Waals surface area contributed by atoms with E-state index in [0.717, 1.165) is 11.1 Å². The molecule has 0 amide bonds. The molecule has 7 heteroatoms. The van der Waals surface area contributed by atoms with Gasteiger partial charge in [-0.05, 0) is 48.7 Å². The summed E-state index contributed by atoms with van der Waals surface area (Å²) in [5.41, 5.74) is 1.74. The smallest absolute Gasteiger partial charge is 0.304 e. The zero-order chi connectivity index (χ0) is 19.4. The fourth-order valence-electron chi connectivity index (χ4n) is 2.99. The van der Waals surface area contributed by atoms with E-state index in [1.165, 1.54) is 0 Å². The Labute approximate surface area is 163 Å². The maximum absolute atomic E-state index is 11.2. The number of hydrogen-bond donors (Lipinski definition) is 2. The van der Waals surface area contributed by atoms with Crippen molar-refractivity contribution in [2.24, 2.45) is 0 Å². The van der Waals surface area contributed by atoms with Crippen molar-refractivity contribution in [3.8, 4) is 11.5 Å². The third-order valence-electron chi connectivity index (χ3n) is 4.47. The lowest BCUT2D eigenvalue weighted by molar-refractivity contribution is -0.169. The fourth-order valence-corrected chi connectivity index (χ4v) is 3.19. The van der Waals surface area contributed by atoms with Crippen LogP contribution in [-0.2, 0) is 16.6 Å². The zero-order valence-electron chi connectivity index (χ0n) is 15.0. The second-order valence-corrected chi connectivity index (χ2v) is 7.21. The first-order valence-corrected chi connectivity index (χ1v) is 9.16. The minimum absolute atomic E-state index is 0.0861. The van der Waals surface area contributed by atoms with Gasteiger partial charge in [-0.2, -0.15) is 0 Å². The van der Waals surface area contributed by atoms with E-state index in [2.05, 4.69) is 5.32 Å². The molecule has 0 aliphatic carbocycles. The molecule has 2 N–H and O–H groups in total. The molecule has 1 aliphatic heterocycles. The lowest BCUT2D eigenvalue weighted by Crippen LogP contribution is -2.45. The molecule has 0 bridgehead atoms. The van der Waals surface area contributed by atoms with Gasteiger partial charge in [0.2, 0.25) is 0 Å². The number of rotatable bonds is 8. The van der Waals surface area contributed by atoms with Gasteiger partial charge in [-0.15, -0.1) is 0 Å². The summed E-state index contributed by atoms with van der Waals surface area (Å²) >= 11 is 5.95. The van der Waals surface area contributed by atoms with E-state index >= 15 is 0 Å². The molecule has 2 aromatic rings. The highest BCUT2D eigenvalue weighted by molar-refractivity contribution is 6.30. The molecule has 2 aromatic carbocycles. The van der Waals surface area contributed by atoms with Crippen LogP contribution < -0.4 is 14.8 Å². The summed E-state index contributed by atoms with van der Waals surface area (Å²) in [6.07, 6.45) is 0.0262. The number of benzene rings is 2. The predicted octanol–water partition coefficient (Wildman–Crippen LogP) is 2.92. The molecule has 1 aliphatic rings. The zero-order valence-corrected chi connectivity index (χ0v) is 15.7. The number of nitrogens with one attached hydrogen (secondary N) is 1. The molecule has 0 saturated carbocycles. The van der Waals surface area contributed by atoms with Gasteiger partial charge in [0.25, 0.3) is 0 Å². The van der Waals surface area contributed by atoms with Gasteiger partial charge >= 0.3 is 5.79 Å². The highest BCUT2D eigenvalue weighted by Gasteiger charge is 2.42. The van der Waals surface area contributed by atoms with E-state index in [1.807, 2.05) is 19.1 Å². The minimum atomic E-state index is -1.63. The largest absolute Gasteiger partial charge is 0.444 e. The first kappa shape index (κ1) is 19.9. The molecule has 144 valence electrons. The first-order valence-electron chi connectivity index (χ1n) is 8.79. The van der Waals surface area contributed by atoms with E-state index < -0.39 is 25.1 Å². The summed E-state index contributed by atoms with van der Waals surface area (Å²) in [4.78, 5) is 0. The van der Waals surface area contributed by atoms with Gasteiger partial charge in [0.05, 0.1) is 6.10 Å². The highest BCUT2D eigenvalue weighted by atomic mass is 35.5. The summed E-state index contributed by atoms with van der Waals surface area (Å²) in [5, 5.41) is 36.6. The van der Waals surface area contributed by atoms with Crippen molar-refractivity contribution in [2.75, 3.05) is 19.8 Å². The van der Waals surface area contributed by atoms with Crippen molar-refractivity contribution in [1.82, 2.24) is 5.32 Å². The Hall–Kier alpha value is -1.83. The van der Waals surface area contributed by atoms with Crippen molar-refractivity contribution in [3.63, 3.8) is 0 Å². The van der Waals surface area contributed by atoms with Crippen LogP contribution in [0.4, 0.5) is 0 Å². The van der Waals surface area contributed by atoms with Crippen LogP contribution in [0.5, 0.6) is 11.5 Å². The van der Waals surface area contributed by atoms with E-state index in [9.17, 15) is 15.3 Å². The van der Waals surface area contributed by atoms with Crippen molar-refractivity contribution < 1.29 is 24.8 Å². The van der Waals surface area contributed by atoms with Crippen molar-refractivity contribution >= 4 is 11.6 Å². The molecule has 6 nitrogen and oxygen atoms in total. The summed E-state index contributed by atoms with van der Waals surface area (Å²) in [6, 6.07) is 12.6. The number of halogens is 1. The Bertz CT molecular complexity index is 781. The summed E-state index contributed by atoms with van der Waals surface area (Å²) in [5.74, 6) is -0.792. The number of aliphatic hydroxyl groups excluding tert-OH is 1. The number of hydrogen-bond acceptors (Lipinski definition) is 4. The normalized spacial score (nSPS) is 16.9. The SMILES string of the molecule is C[C@H](Cc1ccc2c(c1)OC(C[O])(C[O])O2)NC[C@H](O)c1cccc(Cl)c1. The fraction of sp³-hybridized carbons (Fsp3) is 0.400. The van der Waals surface area contributed by atoms with Crippen molar-refractivity contribution in [1.29, 1.82) is 0 Å². The van der Waals surface area contributed by atoms with Crippen LogP contribution in [-0.4, -0.2) is 36.7 Å².